The fourth-order valence-corrected chi connectivity index (χ4v) is 2.54. The van der Waals surface area contributed by atoms with Gasteiger partial charge in [-0.25, -0.2) is 4.98 Å². The summed E-state index contributed by atoms with van der Waals surface area (Å²) in [4.78, 5) is 17.7. The summed E-state index contributed by atoms with van der Waals surface area (Å²) < 4.78 is 2.15. The lowest BCUT2D eigenvalue weighted by atomic mass is 10.1. The number of nitrogens with zero attached hydrogens (tertiary/aromatic N) is 3. The van der Waals surface area contributed by atoms with E-state index in [1.807, 2.05) is 29.9 Å². The minimum Gasteiger partial charge on any atom is -0.342 e. The summed E-state index contributed by atoms with van der Waals surface area (Å²) in [5.74, 6) is 0.881. The summed E-state index contributed by atoms with van der Waals surface area (Å²) in [6, 6.07) is 0.515. The van der Waals surface area contributed by atoms with Crippen LogP contribution in [0.1, 0.15) is 18.9 Å². The molecule has 1 aliphatic rings. The standard InChI is InChI=1S/C11H17N3OS/c1-16-8-11(15)13-5-2-10(3-6-13)14-7-4-12-9-14/h4,7,9-10H,2-3,5-6,8H2,1H3. The van der Waals surface area contributed by atoms with Crippen LogP contribution in [-0.4, -0.2) is 45.5 Å². The van der Waals surface area contributed by atoms with E-state index in [1.165, 1.54) is 0 Å². The van der Waals surface area contributed by atoms with Crippen molar-refractivity contribution in [3.05, 3.63) is 18.7 Å². The van der Waals surface area contributed by atoms with E-state index >= 15 is 0 Å². The Balaban J connectivity index is 1.85. The Morgan fingerprint density at radius 1 is 1.50 bits per heavy atom. The molecule has 0 radical (unpaired) electrons. The normalized spacial score (nSPS) is 17.7. The second kappa shape index (κ2) is 5.39. The van der Waals surface area contributed by atoms with Crippen LogP contribution in [0.15, 0.2) is 18.7 Å². The van der Waals surface area contributed by atoms with Gasteiger partial charge in [-0.15, -0.1) is 0 Å². The molecular formula is C11H17N3OS. The number of amides is 1. The number of aromatic nitrogens is 2. The summed E-state index contributed by atoms with van der Waals surface area (Å²) in [5.41, 5.74) is 0. The fourth-order valence-electron chi connectivity index (χ4n) is 2.11. The SMILES string of the molecule is CSCC(=O)N1CCC(n2ccnc2)CC1. The number of thioether (sulfide) groups is 1. The van der Waals surface area contributed by atoms with Gasteiger partial charge in [0.2, 0.25) is 5.91 Å². The highest BCUT2D eigenvalue weighted by molar-refractivity contribution is 7.99. The molecule has 2 heterocycles. The molecule has 0 unspecified atom stereocenters. The van der Waals surface area contributed by atoms with Crippen LogP contribution in [0, 0.1) is 0 Å². The van der Waals surface area contributed by atoms with Crippen LogP contribution in [0.25, 0.3) is 0 Å². The van der Waals surface area contributed by atoms with Gasteiger partial charge in [0.15, 0.2) is 0 Å². The van der Waals surface area contributed by atoms with E-state index in [0.29, 0.717) is 11.8 Å². The largest absolute Gasteiger partial charge is 0.342 e. The summed E-state index contributed by atoms with van der Waals surface area (Å²) in [6.45, 7) is 1.75. The van der Waals surface area contributed by atoms with E-state index in [1.54, 1.807) is 11.8 Å². The summed E-state index contributed by atoms with van der Waals surface area (Å²) in [7, 11) is 0. The molecule has 0 saturated carbocycles. The smallest absolute Gasteiger partial charge is 0.232 e. The first kappa shape index (κ1) is 11.5. The second-order valence-corrected chi connectivity index (χ2v) is 4.92. The number of rotatable bonds is 3. The molecule has 5 heteroatoms. The summed E-state index contributed by atoms with van der Waals surface area (Å²) in [5, 5.41) is 0. The van der Waals surface area contributed by atoms with Crippen LogP contribution < -0.4 is 0 Å². The Morgan fingerprint density at radius 3 is 2.81 bits per heavy atom. The van der Waals surface area contributed by atoms with Gasteiger partial charge in [-0.2, -0.15) is 11.8 Å². The topological polar surface area (TPSA) is 38.1 Å². The van der Waals surface area contributed by atoms with E-state index in [4.69, 9.17) is 0 Å². The molecule has 88 valence electrons. The van der Waals surface area contributed by atoms with Crippen molar-refractivity contribution < 1.29 is 4.79 Å². The number of hydrogen-bond donors (Lipinski definition) is 0. The van der Waals surface area contributed by atoms with Crippen molar-refractivity contribution in [1.82, 2.24) is 14.5 Å². The lowest BCUT2D eigenvalue weighted by Crippen LogP contribution is -2.39. The van der Waals surface area contributed by atoms with Gasteiger partial charge in [0.1, 0.15) is 0 Å². The first-order valence-corrected chi connectivity index (χ1v) is 6.95. The molecule has 1 aromatic heterocycles. The molecule has 0 atom stereocenters. The third-order valence-corrected chi connectivity index (χ3v) is 3.57. The van der Waals surface area contributed by atoms with Gasteiger partial charge < -0.3 is 9.47 Å². The quantitative estimate of drug-likeness (QED) is 0.800. The molecule has 1 saturated heterocycles. The maximum Gasteiger partial charge on any atom is 0.232 e. The molecule has 1 aromatic rings. The summed E-state index contributed by atoms with van der Waals surface area (Å²) >= 11 is 1.60. The fraction of sp³-hybridized carbons (Fsp3) is 0.636. The molecule has 1 fully saturated rings. The molecule has 0 aromatic carbocycles. The van der Waals surface area contributed by atoms with E-state index in [-0.39, 0.29) is 5.91 Å². The van der Waals surface area contributed by atoms with E-state index in [2.05, 4.69) is 9.55 Å². The lowest BCUT2D eigenvalue weighted by Gasteiger charge is -2.32. The van der Waals surface area contributed by atoms with E-state index in [0.717, 1.165) is 25.9 Å². The Hall–Kier alpha value is -0.970. The molecule has 16 heavy (non-hydrogen) atoms. The predicted octanol–water partition coefficient (Wildman–Crippen LogP) is 1.41. The van der Waals surface area contributed by atoms with Gasteiger partial charge in [0.05, 0.1) is 12.1 Å². The highest BCUT2D eigenvalue weighted by atomic mass is 32.2. The average Bonchev–Trinajstić information content (AvgIpc) is 2.83. The maximum absolute atomic E-state index is 11.7. The van der Waals surface area contributed by atoms with Gasteiger partial charge in [0.25, 0.3) is 0 Å². The Bertz CT molecular complexity index is 331. The molecule has 4 nitrogen and oxygen atoms in total. The third kappa shape index (κ3) is 2.58. The van der Waals surface area contributed by atoms with Crippen LogP contribution in [0.4, 0.5) is 0 Å². The molecule has 0 N–H and O–H groups in total. The van der Waals surface area contributed by atoms with Crippen molar-refractivity contribution in [2.24, 2.45) is 0 Å². The van der Waals surface area contributed by atoms with Crippen LogP contribution in [0.3, 0.4) is 0 Å². The van der Waals surface area contributed by atoms with Gasteiger partial charge in [0, 0.05) is 31.5 Å². The molecule has 1 amide bonds. The second-order valence-electron chi connectivity index (χ2n) is 4.05. The minimum atomic E-state index is 0.275. The van der Waals surface area contributed by atoms with Crippen LogP contribution in [0.2, 0.25) is 0 Å². The molecule has 1 aliphatic heterocycles. The summed E-state index contributed by atoms with van der Waals surface area (Å²) in [6.07, 6.45) is 9.72. The van der Waals surface area contributed by atoms with Crippen LogP contribution in [-0.2, 0) is 4.79 Å². The number of likely N-dealkylation sites (tertiary alicyclic amines) is 1. The lowest BCUT2D eigenvalue weighted by molar-refractivity contribution is -0.129. The Labute approximate surface area is 100 Å². The molecule has 0 spiro atoms. The first-order chi connectivity index (χ1) is 7.81. The molecule has 0 aliphatic carbocycles. The van der Waals surface area contributed by atoms with Crippen LogP contribution in [0.5, 0.6) is 0 Å². The number of carbonyl (C=O) groups is 1. The molecular weight excluding hydrogens is 222 g/mol. The Kier molecular flexibility index (Phi) is 3.88. The maximum atomic E-state index is 11.7. The van der Waals surface area contributed by atoms with Gasteiger partial charge >= 0.3 is 0 Å². The van der Waals surface area contributed by atoms with Crippen molar-refractivity contribution >= 4 is 17.7 Å². The number of imidazole rings is 1. The van der Waals surface area contributed by atoms with E-state index < -0.39 is 0 Å². The van der Waals surface area contributed by atoms with Crippen molar-refractivity contribution in [3.63, 3.8) is 0 Å². The van der Waals surface area contributed by atoms with Crippen molar-refractivity contribution in [3.8, 4) is 0 Å². The number of piperidine rings is 1. The zero-order valence-corrected chi connectivity index (χ0v) is 10.3. The molecule has 2 rings (SSSR count). The van der Waals surface area contributed by atoms with Crippen molar-refractivity contribution in [1.29, 1.82) is 0 Å². The Morgan fingerprint density at radius 2 is 2.25 bits per heavy atom. The number of hydrogen-bond acceptors (Lipinski definition) is 3. The monoisotopic (exact) mass is 239 g/mol. The van der Waals surface area contributed by atoms with Gasteiger partial charge in [-0.05, 0) is 19.1 Å². The highest BCUT2D eigenvalue weighted by Gasteiger charge is 2.22. The van der Waals surface area contributed by atoms with Gasteiger partial charge in [-0.1, -0.05) is 0 Å². The zero-order chi connectivity index (χ0) is 11.4. The van der Waals surface area contributed by atoms with Crippen LogP contribution >= 0.6 is 11.8 Å². The minimum absolute atomic E-state index is 0.275. The highest BCUT2D eigenvalue weighted by Crippen LogP contribution is 2.22. The zero-order valence-electron chi connectivity index (χ0n) is 9.50. The third-order valence-electron chi connectivity index (χ3n) is 3.03. The van der Waals surface area contributed by atoms with Crippen molar-refractivity contribution in [2.75, 3.05) is 25.1 Å². The average molecular weight is 239 g/mol. The van der Waals surface area contributed by atoms with Crippen molar-refractivity contribution in [2.45, 2.75) is 18.9 Å². The molecule has 0 bridgehead atoms. The van der Waals surface area contributed by atoms with Gasteiger partial charge in [-0.3, -0.25) is 4.79 Å². The van der Waals surface area contributed by atoms with E-state index in [9.17, 15) is 4.79 Å². The first-order valence-electron chi connectivity index (χ1n) is 5.55. The predicted molar refractivity (Wildman–Crippen MR) is 65.5 cm³/mol. The number of carbonyl (C=O) groups excluding carboxylic acids is 1.